The van der Waals surface area contributed by atoms with E-state index in [1.165, 1.54) is 31.1 Å². The van der Waals surface area contributed by atoms with Crippen LogP contribution in [0.3, 0.4) is 0 Å². The molecule has 0 aliphatic heterocycles. The van der Waals surface area contributed by atoms with E-state index in [0.29, 0.717) is 5.41 Å². The first kappa shape index (κ1) is 9.27. The molecule has 2 aliphatic carbocycles. The number of hydrogen-bond acceptors (Lipinski definition) is 0. The Labute approximate surface area is 92.6 Å². The van der Waals surface area contributed by atoms with Crippen LogP contribution in [0.4, 0.5) is 0 Å². The summed E-state index contributed by atoms with van der Waals surface area (Å²) in [5.41, 5.74) is 2.02. The molecule has 0 N–H and O–H groups in total. The number of hydrogen-bond donors (Lipinski definition) is 0. The third-order valence-corrected chi connectivity index (χ3v) is 4.15. The fourth-order valence-corrected chi connectivity index (χ4v) is 3.00. The van der Waals surface area contributed by atoms with E-state index in [0.717, 1.165) is 5.82 Å². The first-order valence-electron chi connectivity index (χ1n) is 5.94. The molecule has 15 heavy (non-hydrogen) atoms. The predicted molar refractivity (Wildman–Crippen MR) is 65.6 cm³/mol. The smallest absolute Gasteiger partial charge is 0.0880 e. The van der Waals surface area contributed by atoms with Gasteiger partial charge in [-0.05, 0) is 24.7 Å². The highest BCUT2D eigenvalue weighted by molar-refractivity contribution is 6.55. The minimum absolute atomic E-state index is 0.621. The van der Waals surface area contributed by atoms with Crippen LogP contribution in [0.15, 0.2) is 42.5 Å². The van der Waals surface area contributed by atoms with E-state index >= 15 is 0 Å². The van der Waals surface area contributed by atoms with Gasteiger partial charge >= 0.3 is 0 Å². The van der Waals surface area contributed by atoms with Gasteiger partial charge in [0.15, 0.2) is 7.28 Å². The van der Waals surface area contributed by atoms with Gasteiger partial charge in [-0.3, -0.25) is 0 Å². The molecule has 0 aromatic heterocycles. The van der Waals surface area contributed by atoms with E-state index in [1.807, 2.05) is 0 Å². The molecule has 1 saturated carbocycles. The summed E-state index contributed by atoms with van der Waals surface area (Å²) in [6.07, 6.45) is 10.2. The zero-order chi connectivity index (χ0) is 10.1. The first-order valence-corrected chi connectivity index (χ1v) is 5.94. The molecule has 1 atom stereocenters. The van der Waals surface area contributed by atoms with E-state index in [1.54, 1.807) is 0 Å². The third-order valence-electron chi connectivity index (χ3n) is 4.15. The molecule has 3 rings (SSSR count). The first-order chi connectivity index (χ1) is 7.39. The van der Waals surface area contributed by atoms with Gasteiger partial charge in [0.1, 0.15) is 0 Å². The summed E-state index contributed by atoms with van der Waals surface area (Å²) in [6.45, 7) is 0. The van der Waals surface area contributed by atoms with Gasteiger partial charge in [-0.15, -0.1) is 0 Å². The number of benzene rings is 1. The summed E-state index contributed by atoms with van der Waals surface area (Å²) < 4.78 is 0. The minimum atomic E-state index is 0.621. The van der Waals surface area contributed by atoms with Crippen LogP contribution in [-0.2, 0) is 0 Å². The van der Waals surface area contributed by atoms with E-state index < -0.39 is 0 Å². The molecule has 0 bridgehead atoms. The van der Waals surface area contributed by atoms with Crippen molar-refractivity contribution in [1.82, 2.24) is 0 Å². The molecule has 0 saturated heterocycles. The molecule has 1 aromatic rings. The number of rotatable bonds is 2. The second kappa shape index (κ2) is 3.55. The van der Waals surface area contributed by atoms with Crippen molar-refractivity contribution < 1.29 is 0 Å². The van der Waals surface area contributed by atoms with Crippen LogP contribution in [0, 0.1) is 5.41 Å². The maximum Gasteiger partial charge on any atom is 0.155 e. The highest BCUT2D eigenvalue weighted by Crippen LogP contribution is 2.58. The zero-order valence-corrected chi connectivity index (χ0v) is 9.02. The molecular weight excluding hydrogens is 179 g/mol. The average Bonchev–Trinajstić information content (AvgIpc) is 2.77. The van der Waals surface area contributed by atoms with Crippen molar-refractivity contribution in [1.29, 1.82) is 0 Å². The van der Waals surface area contributed by atoms with Crippen LogP contribution in [0.5, 0.6) is 0 Å². The van der Waals surface area contributed by atoms with Gasteiger partial charge in [-0.1, -0.05) is 60.2 Å². The fourth-order valence-electron chi connectivity index (χ4n) is 3.00. The average molecular weight is 195 g/mol. The Bertz CT molecular complexity index is 358. The highest BCUT2D eigenvalue weighted by atomic mass is 14.5. The Hall–Kier alpha value is -0.975. The zero-order valence-electron chi connectivity index (χ0n) is 9.02. The summed E-state index contributed by atoms with van der Waals surface area (Å²) >= 11 is 0. The van der Waals surface area contributed by atoms with Gasteiger partial charge in [0, 0.05) is 0 Å². The SMILES string of the molecule is [B](c1ccccc1)C1CCC12CC=CC2. The summed E-state index contributed by atoms with van der Waals surface area (Å²) in [4.78, 5) is 0. The molecular formula is C14H16B. The molecule has 1 aromatic carbocycles. The summed E-state index contributed by atoms with van der Waals surface area (Å²) in [5.74, 6) is 0.815. The normalized spacial score (nSPS) is 26.5. The quantitative estimate of drug-likeness (QED) is 0.502. The van der Waals surface area contributed by atoms with Gasteiger partial charge in [0.05, 0.1) is 0 Å². The monoisotopic (exact) mass is 195 g/mol. The lowest BCUT2D eigenvalue weighted by Gasteiger charge is -2.47. The number of allylic oxidation sites excluding steroid dienone is 2. The topological polar surface area (TPSA) is 0 Å². The maximum atomic E-state index is 2.48. The van der Waals surface area contributed by atoms with Gasteiger partial charge in [0.2, 0.25) is 0 Å². The van der Waals surface area contributed by atoms with Gasteiger partial charge in [-0.25, -0.2) is 0 Å². The Morgan fingerprint density at radius 3 is 2.40 bits per heavy atom. The van der Waals surface area contributed by atoms with Crippen molar-refractivity contribution in [2.75, 3.05) is 0 Å². The summed E-state index contributed by atoms with van der Waals surface area (Å²) in [7, 11) is 2.48. The molecule has 1 fully saturated rings. The molecule has 0 nitrogen and oxygen atoms in total. The minimum Gasteiger partial charge on any atom is -0.0880 e. The Morgan fingerprint density at radius 2 is 1.80 bits per heavy atom. The lowest BCUT2D eigenvalue weighted by atomic mass is 9.40. The standard InChI is InChI=1S/C14H16B/c1-2-6-12(7-3-1)15-13-8-11-14(13)9-4-5-10-14/h1-7,13H,8-11H2. The molecule has 2 aliphatic rings. The summed E-state index contributed by atoms with van der Waals surface area (Å²) in [5, 5.41) is 0. The molecule has 75 valence electrons. The fraction of sp³-hybridized carbons (Fsp3) is 0.429. The van der Waals surface area contributed by atoms with E-state index in [4.69, 9.17) is 0 Å². The summed E-state index contributed by atoms with van der Waals surface area (Å²) in [6, 6.07) is 10.8. The van der Waals surface area contributed by atoms with Crippen molar-refractivity contribution in [3.63, 3.8) is 0 Å². The predicted octanol–water partition coefficient (Wildman–Crippen LogP) is 2.93. The molecule has 1 spiro atoms. The molecule has 0 heterocycles. The maximum absolute atomic E-state index is 2.48. The van der Waals surface area contributed by atoms with Crippen LogP contribution >= 0.6 is 0 Å². The van der Waals surface area contributed by atoms with Crippen LogP contribution in [0.25, 0.3) is 0 Å². The van der Waals surface area contributed by atoms with E-state index in [-0.39, 0.29) is 0 Å². The Morgan fingerprint density at radius 1 is 1.07 bits per heavy atom. The molecule has 0 amide bonds. The van der Waals surface area contributed by atoms with Crippen molar-refractivity contribution >= 4 is 12.7 Å². The second-order valence-corrected chi connectivity index (χ2v) is 4.96. The Kier molecular flexibility index (Phi) is 2.19. The lowest BCUT2D eigenvalue weighted by Crippen LogP contribution is -2.40. The van der Waals surface area contributed by atoms with Crippen molar-refractivity contribution in [3.8, 4) is 0 Å². The lowest BCUT2D eigenvalue weighted by molar-refractivity contribution is 0.153. The van der Waals surface area contributed by atoms with Crippen LogP contribution in [0.1, 0.15) is 25.7 Å². The Balaban J connectivity index is 1.70. The van der Waals surface area contributed by atoms with Gasteiger partial charge in [-0.2, -0.15) is 0 Å². The highest BCUT2D eigenvalue weighted by Gasteiger charge is 2.46. The van der Waals surface area contributed by atoms with Crippen LogP contribution in [-0.4, -0.2) is 7.28 Å². The van der Waals surface area contributed by atoms with E-state index in [2.05, 4.69) is 49.8 Å². The molecule has 1 unspecified atom stereocenters. The largest absolute Gasteiger partial charge is 0.155 e. The van der Waals surface area contributed by atoms with Crippen molar-refractivity contribution in [2.45, 2.75) is 31.5 Å². The van der Waals surface area contributed by atoms with Crippen molar-refractivity contribution in [2.24, 2.45) is 5.41 Å². The van der Waals surface area contributed by atoms with Crippen molar-refractivity contribution in [3.05, 3.63) is 42.5 Å². The van der Waals surface area contributed by atoms with Gasteiger partial charge in [0.25, 0.3) is 0 Å². The van der Waals surface area contributed by atoms with Crippen LogP contribution < -0.4 is 5.46 Å². The van der Waals surface area contributed by atoms with Gasteiger partial charge < -0.3 is 0 Å². The third kappa shape index (κ3) is 1.54. The molecule has 1 heteroatoms. The van der Waals surface area contributed by atoms with E-state index in [9.17, 15) is 0 Å². The molecule has 1 radical (unpaired) electrons. The second-order valence-electron chi connectivity index (χ2n) is 4.96. The van der Waals surface area contributed by atoms with Crippen LogP contribution in [0.2, 0.25) is 5.82 Å².